The third-order valence-corrected chi connectivity index (χ3v) is 3.20. The van der Waals surface area contributed by atoms with Crippen LogP contribution in [0.3, 0.4) is 0 Å². The molecule has 0 amide bonds. The van der Waals surface area contributed by atoms with Gasteiger partial charge in [0.25, 0.3) is 0 Å². The molecule has 1 N–H and O–H groups in total. The number of halogens is 1. The lowest BCUT2D eigenvalue weighted by atomic mass is 10.1. The summed E-state index contributed by atoms with van der Waals surface area (Å²) in [5.41, 5.74) is 2.30. The van der Waals surface area contributed by atoms with Crippen LogP contribution in [0.15, 0.2) is 42.5 Å². The van der Waals surface area contributed by atoms with Crippen molar-refractivity contribution >= 4 is 11.4 Å². The summed E-state index contributed by atoms with van der Waals surface area (Å²) in [5.74, 6) is -0.393. The van der Waals surface area contributed by atoms with E-state index >= 15 is 0 Å². The van der Waals surface area contributed by atoms with Crippen LogP contribution in [-0.2, 0) is 0 Å². The number of hydrogen-bond donors (Lipinski definition) is 1. The molecule has 0 heterocycles. The number of hydrogen-bond acceptors (Lipinski definition) is 3. The van der Waals surface area contributed by atoms with Crippen molar-refractivity contribution < 1.29 is 9.50 Å². The minimum atomic E-state index is -0.696. The predicted molar refractivity (Wildman–Crippen MR) is 76.3 cm³/mol. The Kier molecular flexibility index (Phi) is 4.02. The Morgan fingerprint density at radius 3 is 2.35 bits per heavy atom. The molecular formula is C16H15FN2O. The standard InChI is InChI=1S/C16H15FN2O/c1-11(20)13-5-8-16(15(17)9-13)19(2)14-6-3-12(10-18)4-7-14/h3-9,11,20H,1-2H3/t11-/m0/s1. The van der Waals surface area contributed by atoms with Gasteiger partial charge in [-0.1, -0.05) is 6.07 Å². The van der Waals surface area contributed by atoms with E-state index < -0.39 is 11.9 Å². The van der Waals surface area contributed by atoms with Gasteiger partial charge in [-0.25, -0.2) is 4.39 Å². The average molecular weight is 270 g/mol. The molecule has 3 nitrogen and oxygen atoms in total. The van der Waals surface area contributed by atoms with Crippen LogP contribution in [0, 0.1) is 17.1 Å². The largest absolute Gasteiger partial charge is 0.389 e. The zero-order valence-electron chi connectivity index (χ0n) is 11.3. The summed E-state index contributed by atoms with van der Waals surface area (Å²) in [5, 5.41) is 18.2. The van der Waals surface area contributed by atoms with Gasteiger partial charge in [-0.15, -0.1) is 0 Å². The van der Waals surface area contributed by atoms with Gasteiger partial charge in [0.2, 0.25) is 0 Å². The van der Waals surface area contributed by atoms with Crippen molar-refractivity contribution in [3.63, 3.8) is 0 Å². The minimum Gasteiger partial charge on any atom is -0.389 e. The predicted octanol–water partition coefficient (Wildman–Crippen LogP) is 3.52. The molecule has 0 radical (unpaired) electrons. The number of rotatable bonds is 3. The molecule has 0 bridgehead atoms. The Morgan fingerprint density at radius 1 is 1.20 bits per heavy atom. The zero-order chi connectivity index (χ0) is 14.7. The van der Waals surface area contributed by atoms with Gasteiger partial charge in [-0.3, -0.25) is 0 Å². The molecule has 0 aliphatic heterocycles. The van der Waals surface area contributed by atoms with E-state index in [4.69, 9.17) is 5.26 Å². The molecule has 0 aliphatic rings. The molecule has 0 saturated carbocycles. The van der Waals surface area contributed by atoms with Crippen molar-refractivity contribution in [1.29, 1.82) is 5.26 Å². The van der Waals surface area contributed by atoms with E-state index in [0.29, 0.717) is 16.8 Å². The highest BCUT2D eigenvalue weighted by Gasteiger charge is 2.12. The molecule has 2 aromatic carbocycles. The molecule has 0 fully saturated rings. The minimum absolute atomic E-state index is 0.393. The molecule has 102 valence electrons. The van der Waals surface area contributed by atoms with E-state index in [9.17, 15) is 9.50 Å². The van der Waals surface area contributed by atoms with Crippen LogP contribution in [0.5, 0.6) is 0 Å². The lowest BCUT2D eigenvalue weighted by molar-refractivity contribution is 0.199. The van der Waals surface area contributed by atoms with Crippen LogP contribution in [0.1, 0.15) is 24.2 Å². The van der Waals surface area contributed by atoms with Crippen molar-refractivity contribution in [1.82, 2.24) is 0 Å². The normalized spacial score (nSPS) is 11.8. The first-order valence-electron chi connectivity index (χ1n) is 6.24. The van der Waals surface area contributed by atoms with Crippen LogP contribution in [-0.4, -0.2) is 12.2 Å². The third-order valence-electron chi connectivity index (χ3n) is 3.20. The van der Waals surface area contributed by atoms with Gasteiger partial charge in [0.15, 0.2) is 0 Å². The second-order valence-corrected chi connectivity index (χ2v) is 4.60. The van der Waals surface area contributed by atoms with E-state index in [2.05, 4.69) is 0 Å². The SMILES string of the molecule is C[C@H](O)c1ccc(N(C)c2ccc(C#N)cc2)c(F)c1. The van der Waals surface area contributed by atoms with Gasteiger partial charge < -0.3 is 10.0 Å². The summed E-state index contributed by atoms with van der Waals surface area (Å²) < 4.78 is 14.1. The number of nitrogens with zero attached hydrogens (tertiary/aromatic N) is 2. The molecule has 0 aromatic heterocycles. The van der Waals surface area contributed by atoms with Gasteiger partial charge >= 0.3 is 0 Å². The first kappa shape index (κ1) is 14.0. The summed E-state index contributed by atoms with van der Waals surface area (Å²) >= 11 is 0. The van der Waals surface area contributed by atoms with Crippen molar-refractivity contribution in [2.45, 2.75) is 13.0 Å². The molecule has 4 heteroatoms. The maximum Gasteiger partial charge on any atom is 0.147 e. The van der Waals surface area contributed by atoms with Gasteiger partial charge in [0, 0.05) is 12.7 Å². The fourth-order valence-corrected chi connectivity index (χ4v) is 1.95. The highest BCUT2D eigenvalue weighted by Crippen LogP contribution is 2.28. The van der Waals surface area contributed by atoms with E-state index in [1.807, 2.05) is 6.07 Å². The Hall–Kier alpha value is -2.38. The maximum atomic E-state index is 14.1. The van der Waals surface area contributed by atoms with E-state index in [1.54, 1.807) is 55.3 Å². The number of benzene rings is 2. The smallest absolute Gasteiger partial charge is 0.147 e. The van der Waals surface area contributed by atoms with Crippen molar-refractivity contribution in [2.24, 2.45) is 0 Å². The maximum absolute atomic E-state index is 14.1. The summed E-state index contributed by atoms with van der Waals surface area (Å²) in [4.78, 5) is 1.70. The first-order chi connectivity index (χ1) is 9.52. The molecule has 2 aromatic rings. The zero-order valence-corrected chi connectivity index (χ0v) is 11.3. The molecule has 20 heavy (non-hydrogen) atoms. The molecule has 0 spiro atoms. The summed E-state index contributed by atoms with van der Waals surface area (Å²) in [6, 6.07) is 13.6. The molecule has 0 aliphatic carbocycles. The van der Waals surface area contributed by atoms with Gasteiger partial charge in [-0.2, -0.15) is 5.26 Å². The van der Waals surface area contributed by atoms with Gasteiger partial charge in [-0.05, 0) is 48.9 Å². The van der Waals surface area contributed by atoms with Crippen LogP contribution >= 0.6 is 0 Å². The van der Waals surface area contributed by atoms with E-state index in [-0.39, 0.29) is 0 Å². The number of aliphatic hydroxyl groups excluding tert-OH is 1. The topological polar surface area (TPSA) is 47.3 Å². The Labute approximate surface area is 117 Å². The lowest BCUT2D eigenvalue weighted by Gasteiger charge is -2.21. The highest BCUT2D eigenvalue weighted by atomic mass is 19.1. The van der Waals surface area contributed by atoms with Crippen molar-refractivity contribution in [2.75, 3.05) is 11.9 Å². The molecule has 1 atom stereocenters. The van der Waals surface area contributed by atoms with E-state index in [1.165, 1.54) is 6.07 Å². The Balaban J connectivity index is 2.33. The number of nitriles is 1. The summed E-state index contributed by atoms with van der Waals surface area (Å²) in [7, 11) is 1.75. The fourth-order valence-electron chi connectivity index (χ4n) is 1.95. The second-order valence-electron chi connectivity index (χ2n) is 4.60. The van der Waals surface area contributed by atoms with Crippen LogP contribution in [0.2, 0.25) is 0 Å². The summed E-state index contributed by atoms with van der Waals surface area (Å²) in [6.07, 6.45) is -0.696. The average Bonchev–Trinajstić information content (AvgIpc) is 2.46. The van der Waals surface area contributed by atoms with Gasteiger partial charge in [0.1, 0.15) is 5.82 Å². The number of aliphatic hydroxyl groups is 1. The van der Waals surface area contributed by atoms with Crippen LogP contribution in [0.4, 0.5) is 15.8 Å². The quantitative estimate of drug-likeness (QED) is 0.928. The summed E-state index contributed by atoms with van der Waals surface area (Å²) in [6.45, 7) is 1.60. The van der Waals surface area contributed by atoms with Gasteiger partial charge in [0.05, 0.1) is 23.4 Å². The molecule has 0 saturated heterocycles. The second kappa shape index (κ2) is 5.72. The van der Waals surface area contributed by atoms with Crippen LogP contribution < -0.4 is 4.90 Å². The molecule has 2 rings (SSSR count). The monoisotopic (exact) mass is 270 g/mol. The molecular weight excluding hydrogens is 255 g/mol. The third kappa shape index (κ3) is 2.79. The van der Waals surface area contributed by atoms with E-state index in [0.717, 1.165) is 5.69 Å². The Bertz CT molecular complexity index is 645. The molecule has 0 unspecified atom stereocenters. The van der Waals surface area contributed by atoms with Crippen molar-refractivity contribution in [3.8, 4) is 6.07 Å². The highest BCUT2D eigenvalue weighted by molar-refractivity contribution is 5.64. The van der Waals surface area contributed by atoms with Crippen molar-refractivity contribution in [3.05, 3.63) is 59.4 Å². The first-order valence-corrected chi connectivity index (χ1v) is 6.24. The Morgan fingerprint density at radius 2 is 1.85 bits per heavy atom. The van der Waals surface area contributed by atoms with Crippen LogP contribution in [0.25, 0.3) is 0 Å². The lowest BCUT2D eigenvalue weighted by Crippen LogP contribution is -2.11. The fraction of sp³-hybridized carbons (Fsp3) is 0.188. The number of anilines is 2.